The first-order chi connectivity index (χ1) is 6.74. The fourth-order valence-electron chi connectivity index (χ4n) is 1.44. The smallest absolute Gasteiger partial charge is 0.236 e. The zero-order chi connectivity index (χ0) is 10.4. The Labute approximate surface area is 85.6 Å². The van der Waals surface area contributed by atoms with Gasteiger partial charge in [-0.15, -0.1) is 0 Å². The van der Waals surface area contributed by atoms with E-state index in [1.807, 2.05) is 14.0 Å². The molecule has 0 spiro atoms. The molecule has 1 rings (SSSR count). The van der Waals surface area contributed by atoms with Gasteiger partial charge < -0.3 is 15.0 Å². The van der Waals surface area contributed by atoms with E-state index in [9.17, 15) is 4.79 Å². The Morgan fingerprint density at radius 2 is 2.14 bits per heavy atom. The van der Waals surface area contributed by atoms with Gasteiger partial charge in [-0.3, -0.25) is 4.79 Å². The molecule has 1 N–H and O–H groups in total. The minimum atomic E-state index is 0.166. The molecule has 82 valence electrons. The summed E-state index contributed by atoms with van der Waals surface area (Å²) in [5.74, 6) is 0.166. The molecule has 0 aromatic rings. The van der Waals surface area contributed by atoms with Gasteiger partial charge in [0.25, 0.3) is 0 Å². The highest BCUT2D eigenvalue weighted by Gasteiger charge is 2.15. The Morgan fingerprint density at radius 3 is 2.71 bits per heavy atom. The molecular formula is C10H20N2O2. The lowest BCUT2D eigenvalue weighted by Gasteiger charge is -2.24. The van der Waals surface area contributed by atoms with Crippen LogP contribution in [0.1, 0.15) is 19.8 Å². The van der Waals surface area contributed by atoms with Crippen molar-refractivity contribution in [3.8, 4) is 0 Å². The maximum atomic E-state index is 11.4. The number of carbonyl (C=O) groups excluding carboxylic acids is 1. The van der Waals surface area contributed by atoms with Crippen LogP contribution in [0.4, 0.5) is 0 Å². The average molecular weight is 200 g/mol. The third-order valence-electron chi connectivity index (χ3n) is 2.66. The molecule has 0 aromatic heterocycles. The van der Waals surface area contributed by atoms with E-state index in [1.165, 1.54) is 0 Å². The second-order valence-electron chi connectivity index (χ2n) is 3.68. The molecule has 1 saturated heterocycles. The van der Waals surface area contributed by atoms with Crippen molar-refractivity contribution in [3.05, 3.63) is 0 Å². The normalized spacial score (nSPS) is 18.1. The van der Waals surface area contributed by atoms with E-state index in [0.29, 0.717) is 12.6 Å². The number of nitrogens with one attached hydrogen (secondary N) is 1. The van der Waals surface area contributed by atoms with Crippen LogP contribution in [0.15, 0.2) is 0 Å². The molecule has 14 heavy (non-hydrogen) atoms. The molecule has 0 radical (unpaired) electrons. The van der Waals surface area contributed by atoms with Gasteiger partial charge in [-0.1, -0.05) is 0 Å². The fourth-order valence-corrected chi connectivity index (χ4v) is 1.44. The topological polar surface area (TPSA) is 41.6 Å². The number of hydrogen-bond donors (Lipinski definition) is 1. The van der Waals surface area contributed by atoms with Crippen LogP contribution in [0.2, 0.25) is 0 Å². The van der Waals surface area contributed by atoms with Crippen molar-refractivity contribution in [3.63, 3.8) is 0 Å². The average Bonchev–Trinajstić information content (AvgIpc) is 2.26. The molecular weight excluding hydrogens is 180 g/mol. The van der Waals surface area contributed by atoms with Crippen molar-refractivity contribution in [1.82, 2.24) is 10.2 Å². The van der Waals surface area contributed by atoms with Crippen molar-refractivity contribution in [2.24, 2.45) is 0 Å². The van der Waals surface area contributed by atoms with Gasteiger partial charge in [0.1, 0.15) is 0 Å². The third kappa shape index (κ3) is 3.64. The fraction of sp³-hybridized carbons (Fsp3) is 0.900. The Bertz CT molecular complexity index is 179. The van der Waals surface area contributed by atoms with Crippen LogP contribution in [-0.4, -0.2) is 50.2 Å². The number of amides is 1. The molecule has 0 aromatic carbocycles. The van der Waals surface area contributed by atoms with E-state index in [2.05, 4.69) is 5.32 Å². The summed E-state index contributed by atoms with van der Waals surface area (Å²) in [7, 11) is 1.83. The van der Waals surface area contributed by atoms with Crippen molar-refractivity contribution >= 4 is 5.91 Å². The highest BCUT2D eigenvalue weighted by molar-refractivity contribution is 5.77. The highest BCUT2D eigenvalue weighted by atomic mass is 16.5. The van der Waals surface area contributed by atoms with E-state index >= 15 is 0 Å². The van der Waals surface area contributed by atoms with Crippen molar-refractivity contribution in [2.75, 3.05) is 33.4 Å². The Morgan fingerprint density at radius 1 is 1.50 bits per heavy atom. The van der Waals surface area contributed by atoms with Gasteiger partial charge in [0.05, 0.1) is 6.54 Å². The molecule has 0 unspecified atom stereocenters. The van der Waals surface area contributed by atoms with Gasteiger partial charge >= 0.3 is 0 Å². The molecule has 1 fully saturated rings. The van der Waals surface area contributed by atoms with Crippen LogP contribution in [0.25, 0.3) is 0 Å². The molecule has 0 saturated carbocycles. The van der Waals surface area contributed by atoms with Gasteiger partial charge in [0, 0.05) is 32.8 Å². The van der Waals surface area contributed by atoms with Crippen LogP contribution in [0.5, 0.6) is 0 Å². The van der Waals surface area contributed by atoms with Crippen molar-refractivity contribution in [2.45, 2.75) is 25.8 Å². The molecule has 1 aliphatic heterocycles. The first kappa shape index (κ1) is 11.5. The van der Waals surface area contributed by atoms with Crippen LogP contribution in [0, 0.1) is 0 Å². The molecule has 1 amide bonds. The van der Waals surface area contributed by atoms with Crippen LogP contribution in [0.3, 0.4) is 0 Å². The van der Waals surface area contributed by atoms with Crippen molar-refractivity contribution in [1.29, 1.82) is 0 Å². The molecule has 0 atom stereocenters. The standard InChI is InChI=1S/C10H20N2O2/c1-3-12(2)10(13)8-11-9-4-6-14-7-5-9/h9,11H,3-8H2,1-2H3. The van der Waals surface area contributed by atoms with Crippen LogP contribution >= 0.6 is 0 Å². The van der Waals surface area contributed by atoms with Crippen LogP contribution < -0.4 is 5.32 Å². The van der Waals surface area contributed by atoms with E-state index in [1.54, 1.807) is 4.90 Å². The Hall–Kier alpha value is -0.610. The number of ether oxygens (including phenoxy) is 1. The zero-order valence-electron chi connectivity index (χ0n) is 9.08. The molecule has 1 aliphatic rings. The predicted octanol–water partition coefficient (Wildman–Crippen LogP) is 0.233. The number of likely N-dealkylation sites (N-methyl/N-ethyl adjacent to an activating group) is 1. The zero-order valence-corrected chi connectivity index (χ0v) is 9.08. The van der Waals surface area contributed by atoms with Gasteiger partial charge in [0.15, 0.2) is 0 Å². The quantitative estimate of drug-likeness (QED) is 0.706. The minimum Gasteiger partial charge on any atom is -0.381 e. The van der Waals surface area contributed by atoms with Crippen LogP contribution in [-0.2, 0) is 9.53 Å². The predicted molar refractivity (Wildman–Crippen MR) is 55.2 cm³/mol. The Kier molecular flexibility index (Phi) is 4.90. The number of carbonyl (C=O) groups is 1. The Balaban J connectivity index is 2.15. The second-order valence-corrected chi connectivity index (χ2v) is 3.68. The lowest BCUT2D eigenvalue weighted by Crippen LogP contribution is -2.42. The first-order valence-corrected chi connectivity index (χ1v) is 5.29. The van der Waals surface area contributed by atoms with Gasteiger partial charge in [0.2, 0.25) is 5.91 Å². The van der Waals surface area contributed by atoms with Crippen molar-refractivity contribution < 1.29 is 9.53 Å². The SMILES string of the molecule is CCN(C)C(=O)CNC1CCOCC1. The number of nitrogens with zero attached hydrogens (tertiary/aromatic N) is 1. The summed E-state index contributed by atoms with van der Waals surface area (Å²) in [5, 5.41) is 3.27. The maximum Gasteiger partial charge on any atom is 0.236 e. The molecule has 4 nitrogen and oxygen atoms in total. The summed E-state index contributed by atoms with van der Waals surface area (Å²) in [5.41, 5.74) is 0. The summed E-state index contributed by atoms with van der Waals surface area (Å²) >= 11 is 0. The lowest BCUT2D eigenvalue weighted by molar-refractivity contribution is -0.129. The highest BCUT2D eigenvalue weighted by Crippen LogP contribution is 2.05. The van der Waals surface area contributed by atoms with Gasteiger partial charge in [-0.25, -0.2) is 0 Å². The van der Waals surface area contributed by atoms with Gasteiger partial charge in [-0.05, 0) is 19.8 Å². The number of rotatable bonds is 4. The summed E-state index contributed by atoms with van der Waals surface area (Å²) in [6, 6.07) is 0.456. The molecule has 0 bridgehead atoms. The third-order valence-corrected chi connectivity index (χ3v) is 2.66. The first-order valence-electron chi connectivity index (χ1n) is 5.29. The summed E-state index contributed by atoms with van der Waals surface area (Å²) in [6.07, 6.45) is 2.03. The number of hydrogen-bond acceptors (Lipinski definition) is 3. The largest absolute Gasteiger partial charge is 0.381 e. The van der Waals surface area contributed by atoms with E-state index in [0.717, 1.165) is 32.6 Å². The lowest BCUT2D eigenvalue weighted by atomic mass is 10.1. The molecule has 1 heterocycles. The van der Waals surface area contributed by atoms with Gasteiger partial charge in [-0.2, -0.15) is 0 Å². The van der Waals surface area contributed by atoms with E-state index < -0.39 is 0 Å². The summed E-state index contributed by atoms with van der Waals surface area (Å²) in [6.45, 7) is 4.83. The van der Waals surface area contributed by atoms with E-state index in [-0.39, 0.29) is 5.91 Å². The molecule has 0 aliphatic carbocycles. The summed E-state index contributed by atoms with van der Waals surface area (Å²) < 4.78 is 5.24. The summed E-state index contributed by atoms with van der Waals surface area (Å²) in [4.78, 5) is 13.2. The second kappa shape index (κ2) is 5.98. The monoisotopic (exact) mass is 200 g/mol. The minimum absolute atomic E-state index is 0.166. The maximum absolute atomic E-state index is 11.4. The van der Waals surface area contributed by atoms with E-state index in [4.69, 9.17) is 4.74 Å². The molecule has 4 heteroatoms.